The van der Waals surface area contributed by atoms with Gasteiger partial charge >= 0.3 is 5.97 Å². The summed E-state index contributed by atoms with van der Waals surface area (Å²) in [7, 11) is 0. The van der Waals surface area contributed by atoms with E-state index < -0.39 is 5.97 Å². The molecule has 1 unspecified atom stereocenters. The van der Waals surface area contributed by atoms with Crippen molar-refractivity contribution in [3.05, 3.63) is 49.7 Å². The second kappa shape index (κ2) is 6.70. The van der Waals surface area contributed by atoms with Crippen molar-refractivity contribution in [3.8, 4) is 0 Å². The Morgan fingerprint density at radius 3 is 2.92 bits per heavy atom. The smallest absolute Gasteiger partial charge is 0.303 e. The van der Waals surface area contributed by atoms with Crippen molar-refractivity contribution in [2.24, 2.45) is 0 Å². The molecule has 26 heavy (non-hydrogen) atoms. The lowest BCUT2D eigenvalue weighted by atomic mass is 9.82. The van der Waals surface area contributed by atoms with Crippen LogP contribution in [0.2, 0.25) is 0 Å². The standard InChI is InChI=1S/C19H16Br2N2O3/c20-11-6-12-13(19(26)23-18(12)14(21)7-11)4-10-8-22-15-3-1-2-9(17(10)15)5-16(24)25/h4,6-9,22H,1-3,5H2,(H,23,26)(H,24,25). The maximum absolute atomic E-state index is 12.5. The molecule has 1 atom stereocenters. The average Bonchev–Trinajstić information content (AvgIpc) is 3.11. The van der Waals surface area contributed by atoms with E-state index >= 15 is 0 Å². The molecule has 1 aliphatic heterocycles. The Hall–Kier alpha value is -1.86. The summed E-state index contributed by atoms with van der Waals surface area (Å²) < 4.78 is 1.70. The Bertz CT molecular complexity index is 962. The van der Waals surface area contributed by atoms with E-state index in [0.717, 1.165) is 56.3 Å². The Balaban J connectivity index is 1.81. The molecule has 0 spiro atoms. The number of halogens is 2. The van der Waals surface area contributed by atoms with Gasteiger partial charge in [-0.1, -0.05) is 15.9 Å². The van der Waals surface area contributed by atoms with E-state index in [1.165, 1.54) is 0 Å². The molecule has 0 radical (unpaired) electrons. The fourth-order valence-corrected chi connectivity index (χ4v) is 5.23. The number of carbonyl (C=O) groups is 2. The predicted molar refractivity (Wildman–Crippen MR) is 107 cm³/mol. The summed E-state index contributed by atoms with van der Waals surface area (Å²) in [5, 5.41) is 12.1. The van der Waals surface area contributed by atoms with Crippen LogP contribution < -0.4 is 5.32 Å². The van der Waals surface area contributed by atoms with Crippen LogP contribution in [0.4, 0.5) is 5.69 Å². The SMILES string of the molecule is O=C(O)CC1CCCc2[nH]cc(C=C3C(=O)Nc4c(Br)cc(Br)cc43)c21. The highest BCUT2D eigenvalue weighted by atomic mass is 79.9. The van der Waals surface area contributed by atoms with Gasteiger partial charge in [-0.2, -0.15) is 0 Å². The maximum Gasteiger partial charge on any atom is 0.303 e. The molecule has 5 nitrogen and oxygen atoms in total. The second-order valence-corrected chi connectivity index (χ2v) is 8.42. The van der Waals surface area contributed by atoms with E-state index in [1.807, 2.05) is 24.4 Å². The third-order valence-electron chi connectivity index (χ3n) is 4.97. The molecule has 4 rings (SSSR count). The normalized spacial score (nSPS) is 20.0. The van der Waals surface area contributed by atoms with Gasteiger partial charge in [0.15, 0.2) is 0 Å². The zero-order chi connectivity index (χ0) is 18.4. The molecule has 0 bridgehead atoms. The van der Waals surface area contributed by atoms with Crippen LogP contribution in [0.25, 0.3) is 11.6 Å². The molecular weight excluding hydrogens is 464 g/mol. The number of aromatic nitrogens is 1. The van der Waals surface area contributed by atoms with Crippen molar-refractivity contribution in [2.75, 3.05) is 5.32 Å². The second-order valence-electron chi connectivity index (χ2n) is 6.65. The van der Waals surface area contributed by atoms with Gasteiger partial charge in [-0.3, -0.25) is 9.59 Å². The molecule has 0 saturated heterocycles. The highest BCUT2D eigenvalue weighted by molar-refractivity contribution is 9.11. The van der Waals surface area contributed by atoms with E-state index in [2.05, 4.69) is 42.2 Å². The van der Waals surface area contributed by atoms with Gasteiger partial charge in [-0.05, 0) is 70.4 Å². The van der Waals surface area contributed by atoms with Gasteiger partial charge in [0, 0.05) is 32.0 Å². The average molecular weight is 480 g/mol. The van der Waals surface area contributed by atoms with Crippen molar-refractivity contribution < 1.29 is 14.7 Å². The summed E-state index contributed by atoms with van der Waals surface area (Å²) in [5.41, 5.74) is 5.21. The quantitative estimate of drug-likeness (QED) is 0.546. The first kappa shape index (κ1) is 17.5. The van der Waals surface area contributed by atoms with Crippen LogP contribution in [0.15, 0.2) is 27.3 Å². The molecule has 2 heterocycles. The minimum atomic E-state index is -0.792. The number of aryl methyl sites for hydroxylation is 1. The molecule has 2 aliphatic rings. The summed E-state index contributed by atoms with van der Waals surface area (Å²) >= 11 is 6.95. The molecule has 1 amide bonds. The topological polar surface area (TPSA) is 82.2 Å². The number of benzene rings is 1. The van der Waals surface area contributed by atoms with E-state index in [9.17, 15) is 14.7 Å². The highest BCUT2D eigenvalue weighted by Crippen LogP contribution is 2.42. The number of aromatic amines is 1. The number of H-pyrrole nitrogens is 1. The number of aliphatic carboxylic acids is 1. The van der Waals surface area contributed by atoms with Crippen molar-refractivity contribution >= 4 is 61.1 Å². The largest absolute Gasteiger partial charge is 0.481 e. The van der Waals surface area contributed by atoms with Gasteiger partial charge in [0.1, 0.15) is 0 Å². The molecule has 7 heteroatoms. The molecule has 134 valence electrons. The molecule has 1 aliphatic carbocycles. The summed E-state index contributed by atoms with van der Waals surface area (Å²) in [6.07, 6.45) is 6.61. The lowest BCUT2D eigenvalue weighted by molar-refractivity contribution is -0.137. The van der Waals surface area contributed by atoms with Crippen LogP contribution in [0.1, 0.15) is 47.6 Å². The van der Waals surface area contributed by atoms with Crippen LogP contribution in [0, 0.1) is 0 Å². The van der Waals surface area contributed by atoms with Gasteiger partial charge in [-0.25, -0.2) is 0 Å². The van der Waals surface area contributed by atoms with E-state index in [1.54, 1.807) is 0 Å². The number of carboxylic acids is 1. The Morgan fingerprint density at radius 1 is 1.35 bits per heavy atom. The molecule has 0 fully saturated rings. The molecule has 1 aromatic carbocycles. The van der Waals surface area contributed by atoms with Crippen molar-refractivity contribution in [1.82, 2.24) is 4.98 Å². The van der Waals surface area contributed by atoms with Gasteiger partial charge in [0.2, 0.25) is 0 Å². The molecular formula is C19H16Br2N2O3. The number of carbonyl (C=O) groups excluding carboxylic acids is 1. The van der Waals surface area contributed by atoms with E-state index in [4.69, 9.17) is 0 Å². The minimum absolute atomic E-state index is 0.0208. The molecule has 0 saturated carbocycles. The third-order valence-corrected chi connectivity index (χ3v) is 6.06. The van der Waals surface area contributed by atoms with Crippen LogP contribution >= 0.6 is 31.9 Å². The Labute approximate surface area is 167 Å². The number of fused-ring (bicyclic) bond motifs is 2. The third kappa shape index (κ3) is 3.03. The van der Waals surface area contributed by atoms with Crippen LogP contribution in [0.3, 0.4) is 0 Å². The monoisotopic (exact) mass is 478 g/mol. The lowest BCUT2D eigenvalue weighted by Crippen LogP contribution is -2.13. The zero-order valence-electron chi connectivity index (χ0n) is 13.7. The fourth-order valence-electron chi connectivity index (χ4n) is 3.90. The fraction of sp³-hybridized carbons (Fsp3) is 0.263. The summed E-state index contributed by atoms with van der Waals surface area (Å²) in [4.78, 5) is 27.1. The van der Waals surface area contributed by atoms with Crippen LogP contribution in [-0.2, 0) is 16.0 Å². The van der Waals surface area contributed by atoms with Gasteiger partial charge < -0.3 is 15.4 Å². The first-order valence-corrected chi connectivity index (χ1v) is 9.97. The number of carboxylic acid groups (broad SMARTS) is 1. The van der Waals surface area contributed by atoms with Crippen molar-refractivity contribution in [3.63, 3.8) is 0 Å². The minimum Gasteiger partial charge on any atom is -0.481 e. The molecule has 2 aromatic rings. The number of anilines is 1. The molecule has 3 N–H and O–H groups in total. The van der Waals surface area contributed by atoms with Crippen LogP contribution in [-0.4, -0.2) is 22.0 Å². The van der Waals surface area contributed by atoms with E-state index in [-0.39, 0.29) is 18.2 Å². The summed E-state index contributed by atoms with van der Waals surface area (Å²) in [6.45, 7) is 0. The Kier molecular flexibility index (Phi) is 4.52. The highest BCUT2D eigenvalue weighted by Gasteiger charge is 2.30. The number of rotatable bonds is 3. The first-order valence-electron chi connectivity index (χ1n) is 8.38. The van der Waals surface area contributed by atoms with Gasteiger partial charge in [-0.15, -0.1) is 0 Å². The lowest BCUT2D eigenvalue weighted by Gasteiger charge is -2.22. The summed E-state index contributed by atoms with van der Waals surface area (Å²) in [5.74, 6) is -0.966. The first-order chi connectivity index (χ1) is 12.4. The number of hydrogen-bond donors (Lipinski definition) is 3. The number of nitrogens with one attached hydrogen (secondary N) is 2. The maximum atomic E-state index is 12.5. The van der Waals surface area contributed by atoms with Crippen LogP contribution in [0.5, 0.6) is 0 Å². The summed E-state index contributed by atoms with van der Waals surface area (Å²) in [6, 6.07) is 3.81. The number of amides is 1. The van der Waals surface area contributed by atoms with Crippen molar-refractivity contribution in [2.45, 2.75) is 31.6 Å². The van der Waals surface area contributed by atoms with Gasteiger partial charge in [0.05, 0.1) is 12.1 Å². The Morgan fingerprint density at radius 2 is 2.15 bits per heavy atom. The van der Waals surface area contributed by atoms with Gasteiger partial charge in [0.25, 0.3) is 5.91 Å². The predicted octanol–water partition coefficient (Wildman–Crippen LogP) is 4.93. The number of hydrogen-bond acceptors (Lipinski definition) is 2. The zero-order valence-corrected chi connectivity index (χ0v) is 16.9. The van der Waals surface area contributed by atoms with Crippen molar-refractivity contribution in [1.29, 1.82) is 0 Å². The molecule has 1 aromatic heterocycles. The van der Waals surface area contributed by atoms with E-state index in [0.29, 0.717) is 5.57 Å².